The molecule has 4 rings (SSSR count). The van der Waals surface area contributed by atoms with Crippen molar-refractivity contribution in [2.75, 3.05) is 20.8 Å². The van der Waals surface area contributed by atoms with Gasteiger partial charge in [0.05, 0.1) is 19.1 Å². The van der Waals surface area contributed by atoms with Gasteiger partial charge in [-0.25, -0.2) is 8.42 Å². The summed E-state index contributed by atoms with van der Waals surface area (Å²) in [5.41, 5.74) is 2.55. The van der Waals surface area contributed by atoms with E-state index in [-0.39, 0.29) is 17.9 Å². The number of ether oxygens (including phenoxy) is 3. The number of fused-ring (bicyclic) bond motifs is 1. The molecule has 0 bridgehead atoms. The highest BCUT2D eigenvalue weighted by Gasteiger charge is 2.27. The summed E-state index contributed by atoms with van der Waals surface area (Å²) in [4.78, 5) is 12.2. The molecule has 0 saturated carbocycles. The summed E-state index contributed by atoms with van der Waals surface area (Å²) in [6.45, 7) is 2.39. The first-order valence-electron chi connectivity index (χ1n) is 12.4. The van der Waals surface area contributed by atoms with Gasteiger partial charge in [-0.1, -0.05) is 18.1 Å². The van der Waals surface area contributed by atoms with Crippen molar-refractivity contribution >= 4 is 26.9 Å². The van der Waals surface area contributed by atoms with E-state index in [0.29, 0.717) is 23.6 Å². The van der Waals surface area contributed by atoms with Gasteiger partial charge in [-0.2, -0.15) is 4.72 Å². The molecule has 0 amide bonds. The third kappa shape index (κ3) is 6.75. The Balaban J connectivity index is 1.61. The third-order valence-electron chi connectivity index (χ3n) is 6.32. The number of carbonyl (C=O) groups is 1. The summed E-state index contributed by atoms with van der Waals surface area (Å²) in [6.07, 6.45) is 1.77. The van der Waals surface area contributed by atoms with E-state index >= 15 is 0 Å². The van der Waals surface area contributed by atoms with Crippen LogP contribution in [0.15, 0.2) is 77.8 Å². The molecule has 0 aliphatic carbocycles. The second-order valence-electron chi connectivity index (χ2n) is 8.92. The zero-order chi connectivity index (χ0) is 28.7. The Bertz CT molecular complexity index is 1650. The summed E-state index contributed by atoms with van der Waals surface area (Å²) in [7, 11) is -0.980. The molecule has 2 N–H and O–H groups in total. The van der Waals surface area contributed by atoms with Crippen molar-refractivity contribution in [3.63, 3.8) is 0 Å². The van der Waals surface area contributed by atoms with Crippen LogP contribution in [0.1, 0.15) is 18.1 Å². The highest BCUT2D eigenvalue weighted by Crippen LogP contribution is 2.28. The normalized spacial score (nSPS) is 11.9. The first-order chi connectivity index (χ1) is 19.2. The Morgan fingerprint density at radius 3 is 2.25 bits per heavy atom. The molecule has 0 saturated heterocycles. The molecule has 0 aliphatic rings. The number of carboxylic acid groups (broad SMARTS) is 1. The number of aliphatic carboxylic acids is 1. The van der Waals surface area contributed by atoms with E-state index in [4.69, 9.17) is 14.2 Å². The minimum Gasteiger partial charge on any atom is -0.497 e. The molecule has 208 valence electrons. The van der Waals surface area contributed by atoms with Crippen LogP contribution in [0.5, 0.6) is 17.2 Å². The van der Waals surface area contributed by atoms with Crippen LogP contribution < -0.4 is 18.9 Å². The van der Waals surface area contributed by atoms with Gasteiger partial charge in [0, 0.05) is 30.1 Å². The maximum Gasteiger partial charge on any atom is 0.322 e. The Hall–Kier alpha value is -4.46. The molecule has 0 radical (unpaired) electrons. The van der Waals surface area contributed by atoms with Crippen LogP contribution in [0.25, 0.3) is 10.9 Å². The quantitative estimate of drug-likeness (QED) is 0.250. The number of hydrogen-bond donors (Lipinski definition) is 2. The number of carboxylic acids is 1. The Kier molecular flexibility index (Phi) is 8.99. The van der Waals surface area contributed by atoms with Crippen molar-refractivity contribution in [2.45, 2.75) is 30.8 Å². The van der Waals surface area contributed by atoms with E-state index in [1.165, 1.54) is 24.3 Å². The number of aromatic nitrogens is 1. The molecule has 1 heterocycles. The zero-order valence-corrected chi connectivity index (χ0v) is 23.2. The predicted octanol–water partition coefficient (Wildman–Crippen LogP) is 4.08. The molecule has 10 heteroatoms. The maximum atomic E-state index is 13.1. The molecule has 1 unspecified atom stereocenters. The van der Waals surface area contributed by atoms with Gasteiger partial charge >= 0.3 is 5.97 Å². The molecule has 3 aromatic carbocycles. The first kappa shape index (κ1) is 28.5. The van der Waals surface area contributed by atoms with E-state index in [1.807, 2.05) is 53.2 Å². The van der Waals surface area contributed by atoms with E-state index in [2.05, 4.69) is 16.6 Å². The van der Waals surface area contributed by atoms with E-state index in [9.17, 15) is 18.3 Å². The SMILES string of the molecule is CC#CCOc1ccc(S(=O)(=O)NC(Cc2cn(Cc3ccc(OC)cc3)c3ccc(OC)cc23)C(=O)O)cc1. The molecule has 9 nitrogen and oxygen atoms in total. The second kappa shape index (κ2) is 12.6. The molecule has 0 spiro atoms. The van der Waals surface area contributed by atoms with Crippen LogP contribution in [0.4, 0.5) is 0 Å². The number of rotatable bonds is 12. The fourth-order valence-corrected chi connectivity index (χ4v) is 5.45. The topological polar surface area (TPSA) is 116 Å². The molecular weight excluding hydrogens is 532 g/mol. The molecule has 40 heavy (non-hydrogen) atoms. The van der Waals surface area contributed by atoms with Crippen molar-refractivity contribution in [2.24, 2.45) is 0 Å². The number of benzene rings is 3. The van der Waals surface area contributed by atoms with Crippen molar-refractivity contribution in [3.8, 4) is 29.1 Å². The maximum absolute atomic E-state index is 13.1. The van der Waals surface area contributed by atoms with Crippen LogP contribution in [0.3, 0.4) is 0 Å². The third-order valence-corrected chi connectivity index (χ3v) is 7.81. The lowest BCUT2D eigenvalue weighted by molar-refractivity contribution is -0.138. The van der Waals surface area contributed by atoms with Gasteiger partial charge in [0.15, 0.2) is 0 Å². The fraction of sp³-hybridized carbons (Fsp3) is 0.233. The van der Waals surface area contributed by atoms with Gasteiger partial charge in [-0.3, -0.25) is 4.79 Å². The molecule has 1 aromatic heterocycles. The van der Waals surface area contributed by atoms with Crippen LogP contribution in [-0.4, -0.2) is 50.9 Å². The summed E-state index contributed by atoms with van der Waals surface area (Å²) >= 11 is 0. The van der Waals surface area contributed by atoms with Crippen molar-refractivity contribution in [3.05, 3.63) is 84.1 Å². The molecular formula is C30H30N2O7S. The average Bonchev–Trinajstić information content (AvgIpc) is 3.29. The van der Waals surface area contributed by atoms with Crippen molar-refractivity contribution in [1.29, 1.82) is 0 Å². The summed E-state index contributed by atoms with van der Waals surface area (Å²) in [5, 5.41) is 10.7. The zero-order valence-electron chi connectivity index (χ0n) is 22.4. The molecule has 0 fully saturated rings. The smallest absolute Gasteiger partial charge is 0.322 e. The molecule has 4 aromatic rings. The number of nitrogens with one attached hydrogen (secondary N) is 1. The van der Waals surface area contributed by atoms with Gasteiger partial charge in [0.2, 0.25) is 10.0 Å². The minimum atomic E-state index is -4.14. The average molecular weight is 563 g/mol. The van der Waals surface area contributed by atoms with Crippen LogP contribution in [0.2, 0.25) is 0 Å². The van der Waals surface area contributed by atoms with Crippen LogP contribution in [0, 0.1) is 11.8 Å². The van der Waals surface area contributed by atoms with E-state index in [0.717, 1.165) is 22.2 Å². The largest absolute Gasteiger partial charge is 0.497 e. The van der Waals surface area contributed by atoms with Crippen molar-refractivity contribution in [1.82, 2.24) is 9.29 Å². The minimum absolute atomic E-state index is 0.0729. The number of nitrogens with zero attached hydrogens (tertiary/aromatic N) is 1. The van der Waals surface area contributed by atoms with Gasteiger partial charge in [0.1, 0.15) is 29.9 Å². The van der Waals surface area contributed by atoms with Gasteiger partial charge in [-0.05, 0) is 72.6 Å². The van der Waals surface area contributed by atoms with E-state index in [1.54, 1.807) is 21.1 Å². The highest BCUT2D eigenvalue weighted by atomic mass is 32.2. The van der Waals surface area contributed by atoms with Gasteiger partial charge in [-0.15, -0.1) is 5.92 Å². The lowest BCUT2D eigenvalue weighted by Gasteiger charge is -2.15. The summed E-state index contributed by atoms with van der Waals surface area (Å²) in [5.74, 6) is 5.99. The Labute approximate surface area is 233 Å². The van der Waals surface area contributed by atoms with E-state index < -0.39 is 22.0 Å². The lowest BCUT2D eigenvalue weighted by atomic mass is 10.1. The Morgan fingerprint density at radius 2 is 1.62 bits per heavy atom. The summed E-state index contributed by atoms with van der Waals surface area (Å²) in [6, 6.07) is 17.5. The second-order valence-corrected chi connectivity index (χ2v) is 10.6. The Morgan fingerprint density at radius 1 is 0.975 bits per heavy atom. The summed E-state index contributed by atoms with van der Waals surface area (Å²) < 4.78 is 46.6. The van der Waals surface area contributed by atoms with Gasteiger partial charge < -0.3 is 23.9 Å². The van der Waals surface area contributed by atoms with Crippen molar-refractivity contribution < 1.29 is 32.5 Å². The molecule has 0 aliphatic heterocycles. The van der Waals surface area contributed by atoms with Gasteiger partial charge in [0.25, 0.3) is 0 Å². The van der Waals surface area contributed by atoms with Crippen LogP contribution in [-0.2, 0) is 27.8 Å². The number of sulfonamides is 1. The molecule has 1 atom stereocenters. The van der Waals surface area contributed by atoms with Crippen LogP contribution >= 0.6 is 0 Å². The standard InChI is InChI=1S/C30H30N2O7S/c1-4-5-16-39-24-10-13-26(14-11-24)40(35,36)31-28(30(33)34)17-22-20-32(19-21-6-8-23(37-2)9-7-21)29-15-12-25(38-3)18-27(22)29/h6-15,18,20,28,31H,16-17,19H2,1-3H3,(H,33,34). The first-order valence-corrected chi connectivity index (χ1v) is 13.9. The number of methoxy groups -OCH3 is 2. The number of hydrogen-bond acceptors (Lipinski definition) is 6. The highest BCUT2D eigenvalue weighted by molar-refractivity contribution is 7.89. The monoisotopic (exact) mass is 562 g/mol. The fourth-order valence-electron chi connectivity index (χ4n) is 4.26. The lowest BCUT2D eigenvalue weighted by Crippen LogP contribution is -2.42. The predicted molar refractivity (Wildman–Crippen MR) is 151 cm³/mol.